The van der Waals surface area contributed by atoms with Crippen LogP contribution in [0.2, 0.25) is 0 Å². The van der Waals surface area contributed by atoms with Crippen molar-refractivity contribution in [1.29, 1.82) is 0 Å². The predicted molar refractivity (Wildman–Crippen MR) is 18.6 cm³/mol. The van der Waals surface area contributed by atoms with Crippen LogP contribution in [0.3, 0.4) is 0 Å². The number of hydrogen-bond donors (Lipinski definition) is 0. The van der Waals surface area contributed by atoms with Gasteiger partial charge in [-0.05, 0) is 0 Å². The molecule has 0 rings (SSSR count). The van der Waals surface area contributed by atoms with Gasteiger partial charge in [-0.25, -0.2) is 0 Å². The van der Waals surface area contributed by atoms with Gasteiger partial charge in [0, 0.05) is 0 Å². The van der Waals surface area contributed by atoms with E-state index in [0.29, 0.717) is 0 Å². The third kappa shape index (κ3) is 125. The fourth-order valence-corrected chi connectivity index (χ4v) is 0. The van der Waals surface area contributed by atoms with Gasteiger partial charge in [0.05, 0.1) is 0 Å². The van der Waals surface area contributed by atoms with Crippen LogP contribution in [-0.4, -0.2) is 53.4 Å². The van der Waals surface area contributed by atoms with Gasteiger partial charge in [0.2, 0.25) is 0 Å². The second kappa shape index (κ2) is 17.9. The molecule has 0 aliphatic carbocycles. The molecular formula is KO6SbSe2. The molecule has 2 radical (unpaired) electrons. The standard InChI is InChI=1S/K.2H2O3Se.Sb/c;2*1-4(2)3;/h;2*(H2,1,2,3);/q+1;;;+3/p-4. The maximum atomic E-state index is 8.54. The molecule has 0 bridgehead atoms. The second-order valence-electron chi connectivity index (χ2n) is 0.408. The Morgan fingerprint density at radius 3 is 0.800 bits per heavy atom. The van der Waals surface area contributed by atoms with Crippen molar-refractivity contribution in [1.82, 2.24) is 0 Å². The monoisotopic (exact) mass is 416 g/mol. The summed E-state index contributed by atoms with van der Waals surface area (Å²) in [5.41, 5.74) is 0. The van der Waals surface area contributed by atoms with E-state index in [0.717, 1.165) is 0 Å². The van der Waals surface area contributed by atoms with Gasteiger partial charge >= 0.3 is 129 Å². The molecule has 0 unspecified atom stereocenters. The Bertz CT molecular complexity index is 73.7. The van der Waals surface area contributed by atoms with E-state index >= 15 is 0 Å². The van der Waals surface area contributed by atoms with E-state index in [1.807, 2.05) is 0 Å². The first-order valence-corrected chi connectivity index (χ1v) is 5.20. The summed E-state index contributed by atoms with van der Waals surface area (Å²) in [5.74, 6) is 0. The predicted octanol–water partition coefficient (Wildman–Crippen LogP) is -9.13. The van der Waals surface area contributed by atoms with E-state index in [9.17, 15) is 0 Å². The van der Waals surface area contributed by atoms with Crippen LogP contribution in [-0.2, 0) is 7.67 Å². The smallest absolute Gasteiger partial charge is 1.00 e. The summed E-state index contributed by atoms with van der Waals surface area (Å²) in [6.45, 7) is 0. The minimum atomic E-state index is -3.79. The van der Waals surface area contributed by atoms with E-state index in [-0.39, 0.29) is 75.8 Å². The first-order valence-electron chi connectivity index (χ1n) is 1.00. The van der Waals surface area contributed by atoms with Gasteiger partial charge < -0.3 is 0 Å². The zero-order chi connectivity index (χ0) is 7.15. The maximum absolute atomic E-state index is 8.54. The molecule has 0 aromatic heterocycles. The summed E-state index contributed by atoms with van der Waals surface area (Å²) in [6, 6.07) is 0. The van der Waals surface area contributed by atoms with Crippen molar-refractivity contribution >= 4 is 53.4 Å². The van der Waals surface area contributed by atoms with E-state index in [4.69, 9.17) is 24.4 Å². The van der Waals surface area contributed by atoms with Crippen LogP contribution in [0.5, 0.6) is 0 Å². The molecule has 0 aromatic rings. The third-order valence-electron chi connectivity index (χ3n) is 0. The van der Waals surface area contributed by atoms with Crippen LogP contribution < -0.4 is 68.1 Å². The number of hydrogen-bond acceptors (Lipinski definition) is 6. The quantitative estimate of drug-likeness (QED) is 0.362. The summed E-state index contributed by atoms with van der Waals surface area (Å²) < 4.78 is 51.2. The second-order valence-corrected chi connectivity index (χ2v) is 2.12. The van der Waals surface area contributed by atoms with Gasteiger partial charge in [0.25, 0.3) is 0 Å². The minimum Gasteiger partial charge on any atom is 1.00 e. The van der Waals surface area contributed by atoms with E-state index < -0.39 is 29.0 Å². The van der Waals surface area contributed by atoms with Gasteiger partial charge in [-0.15, -0.1) is 0 Å². The SMILES string of the molecule is O=[Se]([O-])[O-].O=[Se]([O-])[O-].[K+].[Sb+3]. The van der Waals surface area contributed by atoms with Crippen LogP contribution in [0.1, 0.15) is 0 Å². The molecule has 0 aromatic carbocycles. The molecule has 10 heteroatoms. The Hall–Kier alpha value is 2.93. The molecule has 0 heterocycles. The Balaban J connectivity index is -0.0000000300. The molecule has 0 aliphatic heterocycles. The van der Waals surface area contributed by atoms with Gasteiger partial charge in [0.15, 0.2) is 0 Å². The van der Waals surface area contributed by atoms with Crippen LogP contribution in [0.25, 0.3) is 0 Å². The molecule has 0 aliphatic rings. The summed E-state index contributed by atoms with van der Waals surface area (Å²) in [4.78, 5) is 0. The first kappa shape index (κ1) is 23.1. The third-order valence-corrected chi connectivity index (χ3v) is 0. The number of rotatable bonds is 0. The van der Waals surface area contributed by atoms with Crippen molar-refractivity contribution in [2.75, 3.05) is 0 Å². The molecule has 0 fully saturated rings. The van der Waals surface area contributed by atoms with Crippen LogP contribution in [0.4, 0.5) is 0 Å². The molecule has 0 spiro atoms. The zero-order valence-electron chi connectivity index (χ0n) is 4.71. The average molecular weight is 415 g/mol. The molecule has 6 nitrogen and oxygen atoms in total. The van der Waals surface area contributed by atoms with Gasteiger partial charge in [0.1, 0.15) is 0 Å². The minimum absolute atomic E-state index is 0. The van der Waals surface area contributed by atoms with Crippen LogP contribution in [0.15, 0.2) is 0 Å². The Morgan fingerprint density at radius 2 is 0.800 bits per heavy atom. The first-order chi connectivity index (χ1) is 3.46. The van der Waals surface area contributed by atoms with E-state index in [1.165, 1.54) is 0 Å². The molecular weight excluding hydrogens is 415 g/mol. The van der Waals surface area contributed by atoms with Crippen molar-refractivity contribution in [3.05, 3.63) is 0 Å². The summed E-state index contributed by atoms with van der Waals surface area (Å²) in [5, 5.41) is 0. The summed E-state index contributed by atoms with van der Waals surface area (Å²) in [6.07, 6.45) is 0. The van der Waals surface area contributed by atoms with Crippen LogP contribution in [0, 0.1) is 0 Å². The molecule has 10 heavy (non-hydrogen) atoms. The van der Waals surface area contributed by atoms with E-state index in [2.05, 4.69) is 0 Å². The fourth-order valence-electron chi connectivity index (χ4n) is 0. The van der Waals surface area contributed by atoms with Crippen LogP contribution >= 0.6 is 0 Å². The molecule has 0 N–H and O–H groups in total. The largest absolute Gasteiger partial charge is 3.00 e. The Morgan fingerprint density at radius 1 is 0.800 bits per heavy atom. The van der Waals surface area contributed by atoms with Gasteiger partial charge in [-0.2, -0.15) is 0 Å². The topological polar surface area (TPSA) is 126 Å². The molecule has 0 saturated heterocycles. The summed E-state index contributed by atoms with van der Waals surface area (Å²) >= 11 is -7.58. The Kier molecular flexibility index (Phi) is 41.3. The van der Waals surface area contributed by atoms with Crippen molar-refractivity contribution in [3.8, 4) is 0 Å². The van der Waals surface area contributed by atoms with E-state index in [1.54, 1.807) is 0 Å². The zero-order valence-corrected chi connectivity index (χ0v) is 13.8. The van der Waals surface area contributed by atoms with Crippen molar-refractivity contribution < 1.29 is 75.8 Å². The van der Waals surface area contributed by atoms with Crippen molar-refractivity contribution in [2.45, 2.75) is 0 Å². The van der Waals surface area contributed by atoms with Crippen molar-refractivity contribution in [3.63, 3.8) is 0 Å². The molecule has 0 atom stereocenters. The maximum Gasteiger partial charge on any atom is 3.00 e. The fraction of sp³-hybridized carbons (Fsp3) is 0. The normalized spacial score (nSPS) is 7.00. The average Bonchev–Trinajstić information content (AvgIpc) is 1.25. The summed E-state index contributed by atoms with van der Waals surface area (Å²) in [7, 11) is 0. The van der Waals surface area contributed by atoms with Crippen molar-refractivity contribution in [2.24, 2.45) is 0 Å². The Labute approximate surface area is 126 Å². The molecule has 0 amide bonds. The van der Waals surface area contributed by atoms with Gasteiger partial charge in [-0.3, -0.25) is 0 Å². The molecule has 54 valence electrons. The van der Waals surface area contributed by atoms with Gasteiger partial charge in [-0.1, -0.05) is 0 Å². The molecule has 0 saturated carbocycles.